The zero-order valence-corrected chi connectivity index (χ0v) is 8.94. The molecule has 2 aromatic rings. The number of rotatable bonds is 2. The molecule has 0 aliphatic carbocycles. The maximum absolute atomic E-state index is 8.92. The highest BCUT2D eigenvalue weighted by Gasteiger charge is 2.10. The molecule has 0 saturated heterocycles. The summed E-state index contributed by atoms with van der Waals surface area (Å²) in [6.45, 7) is 1.68. The van der Waals surface area contributed by atoms with Gasteiger partial charge in [0.1, 0.15) is 5.15 Å². The van der Waals surface area contributed by atoms with Gasteiger partial charge in [0.25, 0.3) is 0 Å². The fourth-order valence-electron chi connectivity index (χ4n) is 1.33. The fraction of sp³-hybridized carbons (Fsp3) is 0.333. The Morgan fingerprint density at radius 3 is 3.07 bits per heavy atom. The smallest absolute Gasteiger partial charge is 0.235 e. The lowest BCUT2D eigenvalue weighted by molar-refractivity contribution is 0.267. The van der Waals surface area contributed by atoms with Crippen LogP contribution < -0.4 is 5.73 Å². The third-order valence-corrected chi connectivity index (χ3v) is 2.68. The number of aliphatic hydroxyl groups excluding tert-OH is 1. The van der Waals surface area contributed by atoms with Crippen LogP contribution in [-0.4, -0.2) is 26.1 Å². The Balaban J connectivity index is 2.59. The average Bonchev–Trinajstić information content (AvgIpc) is 2.54. The number of halogens is 1. The van der Waals surface area contributed by atoms with Gasteiger partial charge in [0.15, 0.2) is 0 Å². The van der Waals surface area contributed by atoms with Crippen molar-refractivity contribution in [3.63, 3.8) is 0 Å². The molecule has 0 bridgehead atoms. The summed E-state index contributed by atoms with van der Waals surface area (Å²) in [5, 5.41) is 9.44. The minimum absolute atomic E-state index is 0.127. The van der Waals surface area contributed by atoms with Crippen LogP contribution >= 0.6 is 11.6 Å². The number of imidazole rings is 1. The standard InChI is InChI=1S/C9H11ClN4O/c1-5-8(10)14-3-6(7(11)4-15)2-12-9(14)13-5/h2-3,7,15H,4,11H2,1H3. The fourth-order valence-corrected chi connectivity index (χ4v) is 1.50. The van der Waals surface area contributed by atoms with Crippen LogP contribution in [0.3, 0.4) is 0 Å². The summed E-state index contributed by atoms with van der Waals surface area (Å²) >= 11 is 6.02. The average molecular weight is 227 g/mol. The second-order valence-corrected chi connectivity index (χ2v) is 3.69. The molecule has 1 unspecified atom stereocenters. The van der Waals surface area contributed by atoms with E-state index in [2.05, 4.69) is 9.97 Å². The zero-order valence-electron chi connectivity index (χ0n) is 8.18. The Morgan fingerprint density at radius 1 is 1.67 bits per heavy atom. The van der Waals surface area contributed by atoms with Gasteiger partial charge in [0, 0.05) is 18.0 Å². The van der Waals surface area contributed by atoms with E-state index in [1.54, 1.807) is 16.8 Å². The molecule has 15 heavy (non-hydrogen) atoms. The van der Waals surface area contributed by atoms with Crippen LogP contribution in [0.5, 0.6) is 0 Å². The lowest BCUT2D eigenvalue weighted by Gasteiger charge is -2.07. The van der Waals surface area contributed by atoms with Crippen molar-refractivity contribution in [3.05, 3.63) is 28.8 Å². The van der Waals surface area contributed by atoms with E-state index < -0.39 is 6.04 Å². The first-order valence-electron chi connectivity index (χ1n) is 4.50. The van der Waals surface area contributed by atoms with Crippen molar-refractivity contribution in [3.8, 4) is 0 Å². The van der Waals surface area contributed by atoms with Crippen molar-refractivity contribution in [2.75, 3.05) is 6.61 Å². The maximum Gasteiger partial charge on any atom is 0.235 e. The van der Waals surface area contributed by atoms with Crippen LogP contribution in [0.15, 0.2) is 12.4 Å². The van der Waals surface area contributed by atoms with Crippen molar-refractivity contribution in [1.82, 2.24) is 14.4 Å². The molecule has 0 amide bonds. The summed E-state index contributed by atoms with van der Waals surface area (Å²) in [6.07, 6.45) is 3.34. The monoisotopic (exact) mass is 226 g/mol. The summed E-state index contributed by atoms with van der Waals surface area (Å²) < 4.78 is 1.65. The van der Waals surface area contributed by atoms with Crippen LogP contribution in [-0.2, 0) is 0 Å². The number of nitrogens with zero attached hydrogens (tertiary/aromatic N) is 3. The minimum atomic E-state index is -0.444. The molecule has 5 nitrogen and oxygen atoms in total. The van der Waals surface area contributed by atoms with Gasteiger partial charge >= 0.3 is 0 Å². The topological polar surface area (TPSA) is 76.4 Å². The predicted molar refractivity (Wildman–Crippen MR) is 56.7 cm³/mol. The van der Waals surface area contributed by atoms with Crippen molar-refractivity contribution < 1.29 is 5.11 Å². The first kappa shape index (κ1) is 10.4. The highest BCUT2D eigenvalue weighted by molar-refractivity contribution is 6.30. The summed E-state index contributed by atoms with van der Waals surface area (Å²) in [5.41, 5.74) is 7.12. The number of fused-ring (bicyclic) bond motifs is 1. The van der Waals surface area contributed by atoms with Crippen LogP contribution in [0.1, 0.15) is 17.3 Å². The first-order valence-corrected chi connectivity index (χ1v) is 4.88. The number of nitrogens with two attached hydrogens (primary N) is 1. The SMILES string of the molecule is Cc1nc2ncc(C(N)CO)cn2c1Cl. The Bertz CT molecular complexity index is 496. The minimum Gasteiger partial charge on any atom is -0.394 e. The molecule has 80 valence electrons. The summed E-state index contributed by atoms with van der Waals surface area (Å²) in [6, 6.07) is -0.444. The van der Waals surface area contributed by atoms with Crippen molar-refractivity contribution in [1.29, 1.82) is 0 Å². The lowest BCUT2D eigenvalue weighted by atomic mass is 10.2. The van der Waals surface area contributed by atoms with Crippen LogP contribution in [0, 0.1) is 6.92 Å². The quantitative estimate of drug-likeness (QED) is 0.790. The molecular weight excluding hydrogens is 216 g/mol. The van der Waals surface area contributed by atoms with E-state index in [1.165, 1.54) is 0 Å². The number of aliphatic hydroxyl groups is 1. The predicted octanol–water partition coefficient (Wildman–Crippen LogP) is 0.683. The highest BCUT2D eigenvalue weighted by atomic mass is 35.5. The molecule has 6 heteroatoms. The molecule has 0 radical (unpaired) electrons. The van der Waals surface area contributed by atoms with Crippen molar-refractivity contribution >= 4 is 17.4 Å². The van der Waals surface area contributed by atoms with E-state index >= 15 is 0 Å². The molecule has 0 fully saturated rings. The van der Waals surface area contributed by atoms with E-state index in [1.807, 2.05) is 6.92 Å². The van der Waals surface area contributed by atoms with Gasteiger partial charge in [-0.25, -0.2) is 9.97 Å². The van der Waals surface area contributed by atoms with Gasteiger partial charge in [-0.15, -0.1) is 0 Å². The van der Waals surface area contributed by atoms with Gasteiger partial charge in [-0.3, -0.25) is 4.40 Å². The van der Waals surface area contributed by atoms with E-state index in [-0.39, 0.29) is 6.61 Å². The number of aromatic nitrogens is 3. The second kappa shape index (κ2) is 3.77. The molecule has 2 rings (SSSR count). The molecule has 0 saturated carbocycles. The first-order chi connectivity index (χ1) is 7.13. The normalized spacial score (nSPS) is 13.3. The van der Waals surface area contributed by atoms with Crippen LogP contribution in [0.2, 0.25) is 5.15 Å². The van der Waals surface area contributed by atoms with Gasteiger partial charge in [-0.05, 0) is 6.92 Å². The van der Waals surface area contributed by atoms with Gasteiger partial charge in [-0.2, -0.15) is 0 Å². The molecule has 0 aromatic carbocycles. The third kappa shape index (κ3) is 1.69. The van der Waals surface area contributed by atoms with Gasteiger partial charge in [0.05, 0.1) is 18.3 Å². The van der Waals surface area contributed by atoms with Gasteiger partial charge in [-0.1, -0.05) is 11.6 Å². The van der Waals surface area contributed by atoms with E-state index in [9.17, 15) is 0 Å². The summed E-state index contributed by atoms with van der Waals surface area (Å²) in [4.78, 5) is 8.26. The zero-order chi connectivity index (χ0) is 11.0. The lowest BCUT2D eigenvalue weighted by Crippen LogP contribution is -2.15. The highest BCUT2D eigenvalue weighted by Crippen LogP contribution is 2.18. The van der Waals surface area contributed by atoms with Gasteiger partial charge < -0.3 is 10.8 Å². The molecular formula is C9H11ClN4O. The molecule has 2 aromatic heterocycles. The van der Waals surface area contributed by atoms with Gasteiger partial charge in [0.2, 0.25) is 5.78 Å². The Hall–Kier alpha value is -1.17. The number of hydrogen-bond acceptors (Lipinski definition) is 4. The molecule has 2 heterocycles. The Kier molecular flexibility index (Phi) is 2.60. The summed E-state index contributed by atoms with van der Waals surface area (Å²) in [5.74, 6) is 0.534. The van der Waals surface area contributed by atoms with Crippen molar-refractivity contribution in [2.24, 2.45) is 5.73 Å². The second-order valence-electron chi connectivity index (χ2n) is 3.33. The van der Waals surface area contributed by atoms with Crippen molar-refractivity contribution in [2.45, 2.75) is 13.0 Å². The van der Waals surface area contributed by atoms with Crippen LogP contribution in [0.25, 0.3) is 5.78 Å². The van der Waals surface area contributed by atoms with Crippen LogP contribution in [0.4, 0.5) is 0 Å². The summed E-state index contributed by atoms with van der Waals surface area (Å²) in [7, 11) is 0. The largest absolute Gasteiger partial charge is 0.394 e. The maximum atomic E-state index is 8.92. The third-order valence-electron chi connectivity index (χ3n) is 2.23. The number of hydrogen-bond donors (Lipinski definition) is 2. The van der Waals surface area contributed by atoms with E-state index in [4.69, 9.17) is 22.4 Å². The molecule has 3 N–H and O–H groups in total. The molecule has 0 aliphatic heterocycles. The molecule has 0 aliphatic rings. The van der Waals surface area contributed by atoms with E-state index in [0.29, 0.717) is 10.9 Å². The molecule has 0 spiro atoms. The Morgan fingerprint density at radius 2 is 2.40 bits per heavy atom. The Labute approximate surface area is 91.5 Å². The number of aryl methyl sites for hydroxylation is 1. The molecule has 1 atom stereocenters. The van der Waals surface area contributed by atoms with E-state index in [0.717, 1.165) is 11.3 Å².